The van der Waals surface area contributed by atoms with E-state index in [2.05, 4.69) is 15.0 Å². The van der Waals surface area contributed by atoms with Crippen molar-refractivity contribution in [3.8, 4) is 5.75 Å². The molecule has 0 aliphatic heterocycles. The van der Waals surface area contributed by atoms with Crippen LogP contribution in [-0.2, 0) is 6.54 Å². The predicted molar refractivity (Wildman–Crippen MR) is 86.7 cm³/mol. The van der Waals surface area contributed by atoms with Crippen molar-refractivity contribution in [3.63, 3.8) is 0 Å². The molecule has 0 bridgehead atoms. The lowest BCUT2D eigenvalue weighted by Gasteiger charge is -2.09. The third-order valence-corrected chi connectivity index (χ3v) is 4.01. The summed E-state index contributed by atoms with van der Waals surface area (Å²) in [5.74, 6) is 1.74. The fourth-order valence-corrected chi connectivity index (χ4v) is 2.74. The van der Waals surface area contributed by atoms with Gasteiger partial charge >= 0.3 is 0 Å². The Balaban J connectivity index is 0.00000192. The predicted octanol–water partition coefficient (Wildman–Crippen LogP) is -1.57. The number of rotatable bonds is 5. The Labute approximate surface area is 145 Å². The summed E-state index contributed by atoms with van der Waals surface area (Å²) >= 11 is 1.53. The van der Waals surface area contributed by atoms with Crippen LogP contribution < -0.4 is 22.5 Å². The van der Waals surface area contributed by atoms with Crippen molar-refractivity contribution in [3.05, 3.63) is 36.2 Å². The smallest absolute Gasteiger partial charge is 0.256 e. The Kier molecular flexibility index (Phi) is 5.81. The number of imidazole rings is 1. The van der Waals surface area contributed by atoms with Crippen molar-refractivity contribution in [2.75, 3.05) is 20.4 Å². The molecule has 0 spiro atoms. The molecule has 2 N–H and O–H groups in total. The Bertz CT molecular complexity index is 808. The van der Waals surface area contributed by atoms with Gasteiger partial charge in [0.25, 0.3) is 5.82 Å². The number of hydrogen-bond donors (Lipinski definition) is 1. The van der Waals surface area contributed by atoms with E-state index in [0.717, 1.165) is 33.5 Å². The van der Waals surface area contributed by atoms with Crippen molar-refractivity contribution in [1.29, 1.82) is 0 Å². The number of fused-ring (bicyclic) bond motifs is 1. The molecule has 8 heteroatoms. The lowest BCUT2D eigenvalue weighted by Crippen LogP contribution is -3.00. The number of hydrogen-bond acceptors (Lipinski definition) is 5. The van der Waals surface area contributed by atoms with Crippen LogP contribution in [-0.4, -0.2) is 39.9 Å². The zero-order valence-corrected chi connectivity index (χ0v) is 14.7. The quantitative estimate of drug-likeness (QED) is 0.444. The molecule has 3 aromatic rings. The molecule has 1 aromatic carbocycles. The monoisotopic (exact) mass is 351 g/mol. The summed E-state index contributed by atoms with van der Waals surface area (Å²) in [6.45, 7) is 0.661. The van der Waals surface area contributed by atoms with Crippen LogP contribution in [0.1, 0.15) is 5.56 Å². The summed E-state index contributed by atoms with van der Waals surface area (Å²) < 4.78 is 7.45. The molecule has 23 heavy (non-hydrogen) atoms. The minimum Gasteiger partial charge on any atom is -1.00 e. The van der Waals surface area contributed by atoms with Crippen molar-refractivity contribution in [2.24, 2.45) is 0 Å². The van der Waals surface area contributed by atoms with Gasteiger partial charge < -0.3 is 21.7 Å². The maximum atomic E-state index is 5.42. The van der Waals surface area contributed by atoms with Gasteiger partial charge in [-0.25, -0.2) is 9.97 Å². The number of quaternary nitrogens is 1. The summed E-state index contributed by atoms with van der Waals surface area (Å²) in [4.78, 5) is 13.6. The molecule has 0 radical (unpaired) electrons. The van der Waals surface area contributed by atoms with E-state index in [9.17, 15) is 0 Å². The molecule has 0 fully saturated rings. The third kappa shape index (κ3) is 3.41. The van der Waals surface area contributed by atoms with Crippen LogP contribution in [0.2, 0.25) is 0 Å². The van der Waals surface area contributed by atoms with Crippen LogP contribution in [0.15, 0.2) is 35.7 Å². The van der Waals surface area contributed by atoms with Gasteiger partial charge in [0.2, 0.25) is 0 Å². The summed E-state index contributed by atoms with van der Waals surface area (Å²) in [5.41, 5.74) is 2.77. The zero-order valence-electron chi connectivity index (χ0n) is 13.2. The SMILES string of the molecule is C[NH2+]c1nc(SC)nc2c1ncn2Cc1ccccc1OC.[Cl-]. The highest BCUT2D eigenvalue weighted by Crippen LogP contribution is 2.23. The maximum Gasteiger partial charge on any atom is 0.256 e. The number of methoxy groups -OCH3 is 1. The highest BCUT2D eigenvalue weighted by atomic mass is 35.5. The first kappa shape index (κ1) is 17.5. The van der Waals surface area contributed by atoms with E-state index < -0.39 is 0 Å². The van der Waals surface area contributed by atoms with Crippen molar-refractivity contribution >= 4 is 28.7 Å². The largest absolute Gasteiger partial charge is 1.00 e. The zero-order chi connectivity index (χ0) is 15.5. The number of nitrogens with zero attached hydrogens (tertiary/aromatic N) is 4. The third-order valence-electron chi connectivity index (χ3n) is 3.46. The molecule has 0 saturated heterocycles. The van der Waals surface area contributed by atoms with Crippen LogP contribution >= 0.6 is 11.8 Å². The van der Waals surface area contributed by atoms with E-state index in [-0.39, 0.29) is 12.4 Å². The summed E-state index contributed by atoms with van der Waals surface area (Å²) in [5, 5.41) is 2.71. The molecule has 6 nitrogen and oxygen atoms in total. The molecular weight excluding hydrogens is 334 g/mol. The Morgan fingerprint density at radius 2 is 2.04 bits per heavy atom. The fraction of sp³-hybridized carbons (Fsp3) is 0.267. The number of halogens is 1. The summed E-state index contributed by atoms with van der Waals surface area (Å²) in [7, 11) is 3.65. The van der Waals surface area contributed by atoms with Gasteiger partial charge in [0, 0.05) is 5.56 Å². The Morgan fingerprint density at radius 3 is 2.74 bits per heavy atom. The van der Waals surface area contributed by atoms with Crippen LogP contribution in [0.5, 0.6) is 5.75 Å². The molecule has 122 valence electrons. The van der Waals surface area contributed by atoms with Gasteiger partial charge in [-0.1, -0.05) is 30.0 Å². The van der Waals surface area contributed by atoms with Gasteiger partial charge in [0.05, 0.1) is 27.0 Å². The first-order chi connectivity index (χ1) is 10.8. The van der Waals surface area contributed by atoms with Crippen LogP contribution in [0.4, 0.5) is 5.82 Å². The molecule has 0 unspecified atom stereocenters. The minimum atomic E-state index is 0. The number of para-hydroxylation sites is 1. The van der Waals surface area contributed by atoms with E-state index in [1.807, 2.05) is 53.8 Å². The van der Waals surface area contributed by atoms with E-state index in [1.54, 1.807) is 7.11 Å². The maximum absolute atomic E-state index is 5.42. The summed E-state index contributed by atoms with van der Waals surface area (Å²) in [6, 6.07) is 7.98. The van der Waals surface area contributed by atoms with Gasteiger partial charge in [-0.05, 0) is 12.3 Å². The first-order valence-corrected chi connectivity index (χ1v) is 8.17. The molecule has 0 atom stereocenters. The van der Waals surface area contributed by atoms with Crippen LogP contribution in [0.25, 0.3) is 11.2 Å². The van der Waals surface area contributed by atoms with E-state index in [4.69, 9.17) is 4.74 Å². The van der Waals surface area contributed by atoms with Gasteiger partial charge in [-0.3, -0.25) is 5.32 Å². The van der Waals surface area contributed by atoms with Crippen LogP contribution in [0.3, 0.4) is 0 Å². The molecule has 0 aliphatic rings. The molecule has 0 aliphatic carbocycles. The van der Waals surface area contributed by atoms with Crippen molar-refractivity contribution in [2.45, 2.75) is 11.7 Å². The molecular formula is C15H18ClN5OS. The molecule has 2 aromatic heterocycles. The number of ether oxygens (including phenoxy) is 1. The van der Waals surface area contributed by atoms with Crippen LogP contribution in [0, 0.1) is 0 Å². The summed E-state index contributed by atoms with van der Waals surface area (Å²) in [6.07, 6.45) is 3.78. The van der Waals surface area contributed by atoms with Gasteiger partial charge in [0.15, 0.2) is 16.3 Å². The lowest BCUT2D eigenvalue weighted by molar-refractivity contribution is -0.542. The molecule has 2 heterocycles. The van der Waals surface area contributed by atoms with Gasteiger partial charge in [-0.15, -0.1) is 0 Å². The number of nitrogens with two attached hydrogens (primary N) is 1. The molecule has 0 amide bonds. The first-order valence-electron chi connectivity index (χ1n) is 6.95. The van der Waals surface area contributed by atoms with E-state index >= 15 is 0 Å². The van der Waals surface area contributed by atoms with E-state index in [0.29, 0.717) is 6.54 Å². The highest BCUT2D eigenvalue weighted by molar-refractivity contribution is 7.98. The number of thioether (sulfide) groups is 1. The van der Waals surface area contributed by atoms with E-state index in [1.165, 1.54) is 11.8 Å². The highest BCUT2D eigenvalue weighted by Gasteiger charge is 2.15. The standard InChI is InChI=1S/C15H17N5OS.ClH/c1-16-13-12-14(19-15(18-13)22-3)20(9-17-12)8-10-6-4-5-7-11(10)21-2;/h4-7,9H,8H2,1-3H3,(H,16,18,19);1H. The van der Waals surface area contributed by atoms with Crippen molar-refractivity contribution < 1.29 is 22.5 Å². The van der Waals surface area contributed by atoms with Gasteiger partial charge in [-0.2, -0.15) is 4.98 Å². The average Bonchev–Trinajstić information content (AvgIpc) is 2.97. The lowest BCUT2D eigenvalue weighted by atomic mass is 10.2. The Morgan fingerprint density at radius 1 is 1.26 bits per heavy atom. The second kappa shape index (κ2) is 7.63. The van der Waals surface area contributed by atoms with Gasteiger partial charge in [0.1, 0.15) is 5.75 Å². The fourth-order valence-electron chi connectivity index (χ4n) is 2.37. The topological polar surface area (TPSA) is 69.4 Å². The second-order valence-electron chi connectivity index (χ2n) is 4.74. The molecule has 0 saturated carbocycles. The Hall–Kier alpha value is -1.83. The number of benzene rings is 1. The minimum absolute atomic E-state index is 0. The number of aromatic nitrogens is 4. The average molecular weight is 352 g/mol. The molecule has 3 rings (SSSR count). The normalized spacial score (nSPS) is 10.6. The van der Waals surface area contributed by atoms with Crippen molar-refractivity contribution in [1.82, 2.24) is 19.5 Å². The second-order valence-corrected chi connectivity index (χ2v) is 5.51.